The van der Waals surface area contributed by atoms with Crippen LogP contribution in [0.4, 0.5) is 4.79 Å². The van der Waals surface area contributed by atoms with Gasteiger partial charge in [0.15, 0.2) is 0 Å². The second-order valence-corrected chi connectivity index (χ2v) is 7.56. The summed E-state index contributed by atoms with van der Waals surface area (Å²) < 4.78 is 5.19. The first kappa shape index (κ1) is 21.6. The Bertz CT molecular complexity index is 977. The Morgan fingerprint density at radius 1 is 0.800 bits per heavy atom. The van der Waals surface area contributed by atoms with E-state index in [1.807, 2.05) is 36.4 Å². The fraction of sp³-hybridized carbons (Fsp3) is 0.296. The van der Waals surface area contributed by atoms with Crippen LogP contribution in [0.3, 0.4) is 0 Å². The Labute approximate surface area is 179 Å². The molecule has 3 rings (SSSR count). The van der Waals surface area contributed by atoms with Crippen molar-refractivity contribution in [1.29, 1.82) is 0 Å². The molecule has 3 aromatic rings. The lowest BCUT2D eigenvalue weighted by atomic mass is 9.86. The number of carbonyl (C=O) groups is 1. The van der Waals surface area contributed by atoms with Crippen molar-refractivity contribution in [1.82, 2.24) is 0 Å². The van der Waals surface area contributed by atoms with Gasteiger partial charge in [-0.25, -0.2) is 4.79 Å². The highest BCUT2D eigenvalue weighted by Crippen LogP contribution is 2.41. The first-order chi connectivity index (χ1) is 14.7. The van der Waals surface area contributed by atoms with Crippen LogP contribution in [-0.4, -0.2) is 11.3 Å². The highest BCUT2D eigenvalue weighted by molar-refractivity contribution is 5.90. The molecule has 1 N–H and O–H groups in total. The van der Waals surface area contributed by atoms with Crippen LogP contribution >= 0.6 is 0 Å². The fourth-order valence-electron chi connectivity index (χ4n) is 3.97. The quantitative estimate of drug-likeness (QED) is 0.294. The van der Waals surface area contributed by atoms with Gasteiger partial charge in [0.2, 0.25) is 0 Å². The molecular weight excluding hydrogens is 372 g/mol. The van der Waals surface area contributed by atoms with Crippen molar-refractivity contribution in [2.24, 2.45) is 0 Å². The SMILES string of the molecule is CCCCc1cccc(-c2cccc(OC(=O)O)c2-c2ccccc2)c1CCCC. The lowest BCUT2D eigenvalue weighted by molar-refractivity contribution is 0.144. The van der Waals surface area contributed by atoms with Crippen molar-refractivity contribution in [3.8, 4) is 28.0 Å². The minimum Gasteiger partial charge on any atom is -0.449 e. The molecule has 0 radical (unpaired) electrons. The minimum atomic E-state index is -1.30. The van der Waals surface area contributed by atoms with Crippen LogP contribution in [0.2, 0.25) is 0 Å². The number of ether oxygens (including phenoxy) is 1. The molecule has 3 aromatic carbocycles. The van der Waals surface area contributed by atoms with Gasteiger partial charge in [0, 0.05) is 5.56 Å². The first-order valence-corrected chi connectivity index (χ1v) is 10.9. The van der Waals surface area contributed by atoms with Crippen molar-refractivity contribution in [3.63, 3.8) is 0 Å². The van der Waals surface area contributed by atoms with Crippen LogP contribution in [0.5, 0.6) is 5.75 Å². The zero-order chi connectivity index (χ0) is 21.3. The summed E-state index contributed by atoms with van der Waals surface area (Å²) >= 11 is 0. The molecule has 0 aliphatic carbocycles. The summed E-state index contributed by atoms with van der Waals surface area (Å²) in [5, 5.41) is 9.29. The Balaban J connectivity index is 2.23. The molecule has 0 aliphatic heterocycles. The van der Waals surface area contributed by atoms with Crippen LogP contribution < -0.4 is 4.74 Å². The average molecular weight is 403 g/mol. The molecule has 0 aliphatic rings. The Morgan fingerprint density at radius 2 is 1.47 bits per heavy atom. The molecule has 0 atom stereocenters. The lowest BCUT2D eigenvalue weighted by Gasteiger charge is -2.19. The summed E-state index contributed by atoms with van der Waals surface area (Å²) in [5.41, 5.74) is 6.73. The van der Waals surface area contributed by atoms with Crippen molar-refractivity contribution in [2.45, 2.75) is 52.4 Å². The van der Waals surface area contributed by atoms with E-state index in [4.69, 9.17) is 4.74 Å². The van der Waals surface area contributed by atoms with E-state index < -0.39 is 6.16 Å². The maximum atomic E-state index is 11.4. The second-order valence-electron chi connectivity index (χ2n) is 7.56. The molecule has 0 bridgehead atoms. The van der Waals surface area contributed by atoms with Crippen molar-refractivity contribution < 1.29 is 14.6 Å². The minimum absolute atomic E-state index is 0.367. The van der Waals surface area contributed by atoms with Gasteiger partial charge < -0.3 is 9.84 Å². The smallest absolute Gasteiger partial charge is 0.449 e. The van der Waals surface area contributed by atoms with Crippen molar-refractivity contribution in [3.05, 3.63) is 77.9 Å². The lowest BCUT2D eigenvalue weighted by Crippen LogP contribution is -2.05. The van der Waals surface area contributed by atoms with Crippen LogP contribution in [-0.2, 0) is 12.8 Å². The van der Waals surface area contributed by atoms with Gasteiger partial charge in [0.05, 0.1) is 0 Å². The van der Waals surface area contributed by atoms with Crippen LogP contribution in [0, 0.1) is 0 Å². The van der Waals surface area contributed by atoms with Crippen LogP contribution in [0.25, 0.3) is 22.3 Å². The molecule has 0 saturated heterocycles. The topological polar surface area (TPSA) is 46.5 Å². The van der Waals surface area contributed by atoms with Crippen LogP contribution in [0.15, 0.2) is 66.7 Å². The number of hydrogen-bond acceptors (Lipinski definition) is 2. The Morgan fingerprint density at radius 3 is 2.17 bits per heavy atom. The molecule has 30 heavy (non-hydrogen) atoms. The number of benzene rings is 3. The molecule has 0 saturated carbocycles. The van der Waals surface area contributed by atoms with Crippen molar-refractivity contribution >= 4 is 6.16 Å². The summed E-state index contributed by atoms with van der Waals surface area (Å²) in [6.45, 7) is 4.43. The third-order valence-electron chi connectivity index (χ3n) is 5.43. The van der Waals surface area contributed by atoms with E-state index in [1.54, 1.807) is 6.07 Å². The molecule has 0 amide bonds. The van der Waals surface area contributed by atoms with Crippen molar-refractivity contribution in [2.75, 3.05) is 0 Å². The van der Waals surface area contributed by atoms with Gasteiger partial charge in [-0.1, -0.05) is 87.4 Å². The summed E-state index contributed by atoms with van der Waals surface area (Å²) in [6, 6.07) is 22.1. The predicted molar refractivity (Wildman–Crippen MR) is 123 cm³/mol. The van der Waals surface area contributed by atoms with E-state index in [-0.39, 0.29) is 0 Å². The van der Waals surface area contributed by atoms with Gasteiger partial charge in [-0.2, -0.15) is 0 Å². The van der Waals surface area contributed by atoms with Gasteiger partial charge in [-0.05, 0) is 59.6 Å². The van der Waals surface area contributed by atoms with E-state index in [0.717, 1.165) is 55.2 Å². The fourth-order valence-corrected chi connectivity index (χ4v) is 3.97. The Hall–Kier alpha value is -3.07. The predicted octanol–water partition coefficient (Wildman–Crippen LogP) is 7.76. The van der Waals surface area contributed by atoms with E-state index in [0.29, 0.717) is 5.75 Å². The maximum absolute atomic E-state index is 11.4. The molecule has 0 unspecified atom stereocenters. The molecule has 156 valence electrons. The molecule has 0 spiro atoms. The molecule has 0 aromatic heterocycles. The van der Waals surface area contributed by atoms with Gasteiger partial charge in [0.1, 0.15) is 5.75 Å². The zero-order valence-electron chi connectivity index (χ0n) is 17.9. The highest BCUT2D eigenvalue weighted by atomic mass is 16.7. The van der Waals surface area contributed by atoms with Gasteiger partial charge >= 0.3 is 6.16 Å². The number of carboxylic acid groups (broad SMARTS) is 1. The van der Waals surface area contributed by atoms with E-state index in [2.05, 4.69) is 38.1 Å². The van der Waals surface area contributed by atoms with Gasteiger partial charge in [0.25, 0.3) is 0 Å². The molecule has 0 heterocycles. The standard InChI is InChI=1S/C27H30O3/c1-3-5-12-20-15-10-17-23(22(20)16-6-4-2)24-18-11-19-25(30-27(28)29)26(24)21-13-8-7-9-14-21/h7-11,13-15,17-19H,3-6,12,16H2,1-2H3,(H,28,29). The van der Waals surface area contributed by atoms with Gasteiger partial charge in [-0.15, -0.1) is 0 Å². The summed E-state index contributed by atoms with van der Waals surface area (Å²) in [7, 11) is 0. The Kier molecular flexibility index (Phi) is 7.67. The summed E-state index contributed by atoms with van der Waals surface area (Å²) in [5.74, 6) is 0.367. The normalized spacial score (nSPS) is 10.7. The third-order valence-corrected chi connectivity index (χ3v) is 5.43. The second kappa shape index (κ2) is 10.6. The number of rotatable bonds is 9. The first-order valence-electron chi connectivity index (χ1n) is 10.9. The number of hydrogen-bond donors (Lipinski definition) is 1. The molecular formula is C27H30O3. The van der Waals surface area contributed by atoms with Crippen LogP contribution in [0.1, 0.15) is 50.7 Å². The monoisotopic (exact) mass is 402 g/mol. The molecule has 3 heteroatoms. The van der Waals surface area contributed by atoms with E-state index in [9.17, 15) is 9.90 Å². The largest absolute Gasteiger partial charge is 0.511 e. The zero-order valence-corrected chi connectivity index (χ0v) is 17.9. The summed E-state index contributed by atoms with van der Waals surface area (Å²) in [4.78, 5) is 11.4. The number of aryl methyl sites for hydroxylation is 1. The number of unbranched alkanes of at least 4 members (excludes halogenated alkanes) is 2. The summed E-state index contributed by atoms with van der Waals surface area (Å²) in [6.07, 6.45) is 5.37. The van der Waals surface area contributed by atoms with Gasteiger partial charge in [-0.3, -0.25) is 0 Å². The maximum Gasteiger partial charge on any atom is 0.511 e. The highest BCUT2D eigenvalue weighted by Gasteiger charge is 2.18. The van der Waals surface area contributed by atoms with E-state index >= 15 is 0 Å². The van der Waals surface area contributed by atoms with E-state index in [1.165, 1.54) is 16.7 Å². The molecule has 3 nitrogen and oxygen atoms in total. The third kappa shape index (κ3) is 5.10. The average Bonchev–Trinajstić information content (AvgIpc) is 2.76. The molecule has 0 fully saturated rings.